The van der Waals surface area contributed by atoms with Gasteiger partial charge < -0.3 is 0 Å². The largest absolute Gasteiger partial charge is 0.299 e. The Morgan fingerprint density at radius 3 is 2.47 bits per heavy atom. The number of nitrogens with one attached hydrogen (secondary N) is 1. The van der Waals surface area contributed by atoms with Gasteiger partial charge in [0.05, 0.1) is 0 Å². The first-order valence-corrected chi connectivity index (χ1v) is 5.90. The van der Waals surface area contributed by atoms with E-state index in [9.17, 15) is 4.79 Å². The average Bonchev–Trinajstić information content (AvgIpc) is 2.46. The molecule has 0 saturated carbocycles. The van der Waals surface area contributed by atoms with Crippen LogP contribution in [0, 0.1) is 5.92 Å². The molecule has 0 aliphatic rings. The molecule has 0 spiro atoms. The Morgan fingerprint density at radius 2 is 2.00 bits per heavy atom. The number of H-pyrrole nitrogens is 1. The maximum Gasteiger partial charge on any atom is 0.269 e. The molecule has 0 radical (unpaired) electrons. The number of hydrogen-bond donors (Lipinski definition) is 1. The highest BCUT2D eigenvalue weighted by Gasteiger charge is 2.13. The van der Waals surface area contributed by atoms with Crippen molar-refractivity contribution in [1.82, 2.24) is 9.78 Å². The molecule has 0 atom stereocenters. The molecule has 0 amide bonds. The van der Waals surface area contributed by atoms with Crippen LogP contribution in [-0.4, -0.2) is 9.78 Å². The zero-order chi connectivity index (χ0) is 11.4. The predicted octanol–water partition coefficient (Wildman–Crippen LogP) is 2.35. The highest BCUT2D eigenvalue weighted by Crippen LogP contribution is 2.09. The molecule has 1 aromatic heterocycles. The van der Waals surface area contributed by atoms with Gasteiger partial charge in [0.1, 0.15) is 0 Å². The van der Waals surface area contributed by atoms with E-state index in [2.05, 4.69) is 32.8 Å². The Balaban J connectivity index is 3.06. The van der Waals surface area contributed by atoms with Gasteiger partial charge >= 0.3 is 0 Å². The van der Waals surface area contributed by atoms with Gasteiger partial charge in [-0.2, -0.15) is 0 Å². The van der Waals surface area contributed by atoms with E-state index in [0.29, 0.717) is 5.92 Å². The topological polar surface area (TPSA) is 37.8 Å². The number of aryl methyl sites for hydroxylation is 2. The van der Waals surface area contributed by atoms with Crippen LogP contribution in [0.5, 0.6) is 0 Å². The van der Waals surface area contributed by atoms with Gasteiger partial charge in [0, 0.05) is 17.8 Å². The molecule has 0 saturated heterocycles. The number of aromatic amines is 1. The second-order valence-corrected chi connectivity index (χ2v) is 4.48. The zero-order valence-corrected chi connectivity index (χ0v) is 10.3. The number of aromatic nitrogens is 2. The highest BCUT2D eigenvalue weighted by molar-refractivity contribution is 5.18. The molecular formula is C12H22N2O. The van der Waals surface area contributed by atoms with E-state index in [-0.39, 0.29) is 5.56 Å². The first-order chi connectivity index (χ1) is 7.10. The van der Waals surface area contributed by atoms with Gasteiger partial charge in [-0.1, -0.05) is 27.7 Å². The van der Waals surface area contributed by atoms with Gasteiger partial charge in [0.2, 0.25) is 0 Å². The van der Waals surface area contributed by atoms with Crippen molar-refractivity contribution in [2.75, 3.05) is 0 Å². The van der Waals surface area contributed by atoms with E-state index < -0.39 is 0 Å². The lowest BCUT2D eigenvalue weighted by molar-refractivity contribution is 0.576. The van der Waals surface area contributed by atoms with Gasteiger partial charge in [-0.15, -0.1) is 0 Å². The third-order valence-corrected chi connectivity index (χ3v) is 2.55. The Morgan fingerprint density at radius 1 is 1.33 bits per heavy atom. The summed E-state index contributed by atoms with van der Waals surface area (Å²) in [6.07, 6.45) is 2.79. The fourth-order valence-corrected chi connectivity index (χ4v) is 1.87. The molecule has 0 unspecified atom stereocenters. The predicted molar refractivity (Wildman–Crippen MR) is 63.3 cm³/mol. The third kappa shape index (κ3) is 2.74. The summed E-state index contributed by atoms with van der Waals surface area (Å²) in [5.74, 6) is 0.536. The van der Waals surface area contributed by atoms with Crippen LogP contribution in [0.3, 0.4) is 0 Å². The lowest BCUT2D eigenvalue weighted by Gasteiger charge is -2.02. The van der Waals surface area contributed by atoms with Crippen LogP contribution in [0.2, 0.25) is 0 Å². The Kier molecular flexibility index (Phi) is 4.18. The van der Waals surface area contributed by atoms with E-state index in [1.165, 1.54) is 0 Å². The number of nitrogens with zero attached hydrogens (tertiary/aromatic N) is 1. The minimum atomic E-state index is 0.183. The fourth-order valence-electron chi connectivity index (χ4n) is 1.87. The fraction of sp³-hybridized carbons (Fsp3) is 0.750. The van der Waals surface area contributed by atoms with Gasteiger partial charge in [-0.25, -0.2) is 0 Å². The molecule has 1 aromatic rings. The smallest absolute Gasteiger partial charge is 0.269 e. The van der Waals surface area contributed by atoms with E-state index in [4.69, 9.17) is 0 Å². The van der Waals surface area contributed by atoms with Crippen LogP contribution in [0.4, 0.5) is 0 Å². The molecule has 3 heteroatoms. The summed E-state index contributed by atoms with van der Waals surface area (Å²) in [4.78, 5) is 12.0. The summed E-state index contributed by atoms with van der Waals surface area (Å²) in [6.45, 7) is 9.27. The van der Waals surface area contributed by atoms with Crippen molar-refractivity contribution in [3.8, 4) is 0 Å². The molecule has 0 bridgehead atoms. The van der Waals surface area contributed by atoms with Crippen LogP contribution >= 0.6 is 0 Å². The first kappa shape index (κ1) is 12.1. The van der Waals surface area contributed by atoms with Crippen LogP contribution in [-0.2, 0) is 19.4 Å². The van der Waals surface area contributed by atoms with Crippen molar-refractivity contribution in [2.45, 2.75) is 53.5 Å². The molecule has 1 heterocycles. The summed E-state index contributed by atoms with van der Waals surface area (Å²) in [5, 5.41) is 3.21. The summed E-state index contributed by atoms with van der Waals surface area (Å²) in [6, 6.07) is 0. The minimum absolute atomic E-state index is 0.183. The molecule has 0 aliphatic heterocycles. The van der Waals surface area contributed by atoms with Crippen molar-refractivity contribution in [3.63, 3.8) is 0 Å². The highest BCUT2D eigenvalue weighted by atomic mass is 16.1. The SMILES string of the molecule is CCCn1[nH]c(CC)c(CC(C)C)c1=O. The maximum absolute atomic E-state index is 12.0. The van der Waals surface area contributed by atoms with E-state index in [1.54, 1.807) is 4.68 Å². The second kappa shape index (κ2) is 5.19. The van der Waals surface area contributed by atoms with Crippen LogP contribution < -0.4 is 5.56 Å². The molecule has 15 heavy (non-hydrogen) atoms. The Labute approximate surface area is 91.5 Å². The third-order valence-electron chi connectivity index (χ3n) is 2.55. The quantitative estimate of drug-likeness (QED) is 0.796. The average molecular weight is 210 g/mol. The Bertz CT molecular complexity index is 360. The molecule has 1 N–H and O–H groups in total. The molecule has 3 nitrogen and oxygen atoms in total. The van der Waals surface area contributed by atoms with Crippen molar-refractivity contribution in [2.24, 2.45) is 5.92 Å². The second-order valence-electron chi connectivity index (χ2n) is 4.48. The maximum atomic E-state index is 12.0. The molecule has 1 rings (SSSR count). The molecular weight excluding hydrogens is 188 g/mol. The summed E-state index contributed by atoms with van der Waals surface area (Å²) < 4.78 is 1.75. The number of hydrogen-bond acceptors (Lipinski definition) is 1. The number of rotatable bonds is 5. The zero-order valence-electron chi connectivity index (χ0n) is 10.3. The van der Waals surface area contributed by atoms with E-state index in [0.717, 1.165) is 37.1 Å². The summed E-state index contributed by atoms with van der Waals surface area (Å²) in [7, 11) is 0. The Hall–Kier alpha value is -0.990. The monoisotopic (exact) mass is 210 g/mol. The normalized spacial score (nSPS) is 11.3. The summed E-state index contributed by atoms with van der Waals surface area (Å²) >= 11 is 0. The van der Waals surface area contributed by atoms with Crippen LogP contribution in [0.1, 0.15) is 45.4 Å². The van der Waals surface area contributed by atoms with Gasteiger partial charge in [0.15, 0.2) is 0 Å². The lowest BCUT2D eigenvalue weighted by Crippen LogP contribution is -2.19. The van der Waals surface area contributed by atoms with Gasteiger partial charge in [0.25, 0.3) is 5.56 Å². The van der Waals surface area contributed by atoms with E-state index >= 15 is 0 Å². The first-order valence-electron chi connectivity index (χ1n) is 5.90. The van der Waals surface area contributed by atoms with Crippen molar-refractivity contribution in [1.29, 1.82) is 0 Å². The molecule has 0 fully saturated rings. The molecule has 0 aromatic carbocycles. The van der Waals surface area contributed by atoms with Crippen molar-refractivity contribution < 1.29 is 0 Å². The standard InChI is InChI=1S/C12H22N2O/c1-5-7-14-12(15)10(8-9(3)4)11(6-2)13-14/h9,13H,5-8H2,1-4H3. The van der Waals surface area contributed by atoms with E-state index in [1.807, 2.05) is 0 Å². The minimum Gasteiger partial charge on any atom is -0.299 e. The summed E-state index contributed by atoms with van der Waals surface area (Å²) in [5.41, 5.74) is 2.28. The van der Waals surface area contributed by atoms with Gasteiger partial charge in [-0.05, 0) is 25.2 Å². The molecule has 86 valence electrons. The van der Waals surface area contributed by atoms with Crippen molar-refractivity contribution >= 4 is 0 Å². The molecule has 0 aliphatic carbocycles. The van der Waals surface area contributed by atoms with Gasteiger partial charge in [-0.3, -0.25) is 14.6 Å². The lowest BCUT2D eigenvalue weighted by atomic mass is 10.0. The van der Waals surface area contributed by atoms with Crippen LogP contribution in [0.15, 0.2) is 4.79 Å². The van der Waals surface area contributed by atoms with Crippen LogP contribution in [0.25, 0.3) is 0 Å². The van der Waals surface area contributed by atoms with Crippen molar-refractivity contribution in [3.05, 3.63) is 21.6 Å².